The van der Waals surface area contributed by atoms with Gasteiger partial charge in [-0.15, -0.1) is 10.2 Å². The van der Waals surface area contributed by atoms with Crippen LogP contribution in [-0.2, 0) is 6.18 Å². The fourth-order valence-electron chi connectivity index (χ4n) is 1.95. The number of hydrogen-bond donors (Lipinski definition) is 1. The fraction of sp³-hybridized carbons (Fsp3) is 0.0667. The zero-order valence-electron chi connectivity index (χ0n) is 12.0. The first-order valence-electron chi connectivity index (χ1n) is 6.73. The number of aromatic nitrogens is 4. The molecule has 0 fully saturated rings. The van der Waals surface area contributed by atoms with Crippen molar-refractivity contribution in [1.82, 2.24) is 19.7 Å². The second-order valence-corrected chi connectivity index (χ2v) is 4.80. The van der Waals surface area contributed by atoms with Gasteiger partial charge >= 0.3 is 6.18 Å². The van der Waals surface area contributed by atoms with Gasteiger partial charge in [-0.2, -0.15) is 13.2 Å². The van der Waals surface area contributed by atoms with E-state index in [2.05, 4.69) is 20.5 Å². The van der Waals surface area contributed by atoms with E-state index in [0.29, 0.717) is 11.5 Å². The standard InChI is InChI=1S/C15H10F3N5O/c16-15(17,18)11-3-1-10(2-4-11)14(24)22-12-5-6-13(19-7-12)23-8-20-21-9-23/h1-9H,(H,22,24). The van der Waals surface area contributed by atoms with Gasteiger partial charge in [0.25, 0.3) is 5.91 Å². The predicted molar refractivity (Wildman–Crippen MR) is 78.6 cm³/mol. The Morgan fingerprint density at radius 2 is 1.67 bits per heavy atom. The Hall–Kier alpha value is -3.23. The molecule has 122 valence electrons. The van der Waals surface area contributed by atoms with Gasteiger partial charge in [-0.1, -0.05) is 0 Å². The first-order valence-corrected chi connectivity index (χ1v) is 6.73. The number of nitrogens with one attached hydrogen (secondary N) is 1. The van der Waals surface area contributed by atoms with E-state index in [9.17, 15) is 18.0 Å². The van der Waals surface area contributed by atoms with Gasteiger partial charge in [0.2, 0.25) is 0 Å². The van der Waals surface area contributed by atoms with Gasteiger partial charge < -0.3 is 5.32 Å². The zero-order chi connectivity index (χ0) is 17.2. The van der Waals surface area contributed by atoms with Crippen molar-refractivity contribution in [2.45, 2.75) is 6.18 Å². The molecule has 0 atom stereocenters. The Morgan fingerprint density at radius 3 is 2.21 bits per heavy atom. The molecule has 9 heteroatoms. The van der Waals surface area contributed by atoms with E-state index in [1.165, 1.54) is 18.9 Å². The molecule has 0 spiro atoms. The van der Waals surface area contributed by atoms with Crippen LogP contribution >= 0.6 is 0 Å². The van der Waals surface area contributed by atoms with Crippen LogP contribution in [0.5, 0.6) is 0 Å². The average molecular weight is 333 g/mol. The molecule has 0 saturated carbocycles. The molecule has 2 aromatic heterocycles. The molecule has 0 unspecified atom stereocenters. The summed E-state index contributed by atoms with van der Waals surface area (Å²) in [5.41, 5.74) is -0.276. The Kier molecular flexibility index (Phi) is 3.98. The predicted octanol–water partition coefficient (Wildman–Crippen LogP) is 2.93. The molecular weight excluding hydrogens is 323 g/mol. The van der Waals surface area contributed by atoms with Crippen LogP contribution in [0.4, 0.5) is 18.9 Å². The van der Waals surface area contributed by atoms with Crippen molar-refractivity contribution in [3.63, 3.8) is 0 Å². The molecule has 0 saturated heterocycles. The Bertz CT molecular complexity index is 827. The van der Waals surface area contributed by atoms with Gasteiger partial charge in [0.15, 0.2) is 0 Å². The van der Waals surface area contributed by atoms with Crippen molar-refractivity contribution in [1.29, 1.82) is 0 Å². The molecule has 3 aromatic rings. The number of amides is 1. The SMILES string of the molecule is O=C(Nc1ccc(-n2cnnc2)nc1)c1ccc(C(F)(F)F)cc1. The topological polar surface area (TPSA) is 72.7 Å². The molecule has 0 aliphatic heterocycles. The number of benzene rings is 1. The minimum Gasteiger partial charge on any atom is -0.321 e. The molecule has 24 heavy (non-hydrogen) atoms. The Morgan fingerprint density at radius 1 is 1.00 bits per heavy atom. The summed E-state index contributed by atoms with van der Waals surface area (Å²) in [5.74, 6) is 0.0371. The summed E-state index contributed by atoms with van der Waals surface area (Å²) in [6.07, 6.45) is -0.0557. The van der Waals surface area contributed by atoms with Crippen LogP contribution in [0.2, 0.25) is 0 Å². The van der Waals surface area contributed by atoms with Crippen LogP contribution in [0, 0.1) is 0 Å². The van der Waals surface area contributed by atoms with Crippen LogP contribution in [0.25, 0.3) is 5.82 Å². The fourth-order valence-corrected chi connectivity index (χ4v) is 1.95. The lowest BCUT2D eigenvalue weighted by molar-refractivity contribution is -0.137. The molecule has 3 rings (SSSR count). The van der Waals surface area contributed by atoms with Crippen molar-refractivity contribution in [2.24, 2.45) is 0 Å². The van der Waals surface area contributed by atoms with E-state index in [1.807, 2.05) is 0 Å². The number of carbonyl (C=O) groups excluding carboxylic acids is 1. The number of alkyl halides is 3. The van der Waals surface area contributed by atoms with Crippen LogP contribution in [0.3, 0.4) is 0 Å². The first kappa shape index (κ1) is 15.7. The van der Waals surface area contributed by atoms with Crippen LogP contribution < -0.4 is 5.32 Å². The van der Waals surface area contributed by atoms with E-state index in [1.54, 1.807) is 16.7 Å². The third kappa shape index (κ3) is 3.40. The maximum absolute atomic E-state index is 12.5. The molecule has 1 N–H and O–H groups in total. The summed E-state index contributed by atoms with van der Waals surface area (Å²) in [7, 11) is 0. The molecule has 0 bridgehead atoms. The molecule has 0 aliphatic rings. The van der Waals surface area contributed by atoms with Crippen molar-refractivity contribution in [3.05, 3.63) is 66.4 Å². The molecule has 2 heterocycles. The summed E-state index contributed by atoms with van der Waals surface area (Å²) in [6, 6.07) is 7.23. The number of hydrogen-bond acceptors (Lipinski definition) is 4. The van der Waals surface area contributed by atoms with Gasteiger partial charge in [-0.25, -0.2) is 4.98 Å². The summed E-state index contributed by atoms with van der Waals surface area (Å²) in [6.45, 7) is 0. The molecule has 1 aromatic carbocycles. The molecular formula is C15H10F3N5O. The van der Waals surface area contributed by atoms with Crippen LogP contribution in [-0.4, -0.2) is 25.7 Å². The van der Waals surface area contributed by atoms with Crippen molar-refractivity contribution < 1.29 is 18.0 Å². The van der Waals surface area contributed by atoms with Gasteiger partial charge in [-0.05, 0) is 36.4 Å². The summed E-state index contributed by atoms with van der Waals surface area (Å²) in [4.78, 5) is 16.2. The smallest absolute Gasteiger partial charge is 0.321 e. The summed E-state index contributed by atoms with van der Waals surface area (Å²) < 4.78 is 39.1. The van der Waals surface area contributed by atoms with E-state index >= 15 is 0 Å². The second-order valence-electron chi connectivity index (χ2n) is 4.80. The molecule has 6 nitrogen and oxygen atoms in total. The average Bonchev–Trinajstić information content (AvgIpc) is 3.09. The maximum Gasteiger partial charge on any atom is 0.416 e. The minimum atomic E-state index is -4.43. The van der Waals surface area contributed by atoms with Gasteiger partial charge in [0, 0.05) is 5.56 Å². The molecule has 0 aliphatic carbocycles. The third-order valence-electron chi connectivity index (χ3n) is 3.16. The van der Waals surface area contributed by atoms with E-state index in [4.69, 9.17) is 0 Å². The third-order valence-corrected chi connectivity index (χ3v) is 3.16. The molecule has 0 radical (unpaired) electrons. The minimum absolute atomic E-state index is 0.117. The number of carbonyl (C=O) groups is 1. The highest BCUT2D eigenvalue weighted by Gasteiger charge is 2.30. The van der Waals surface area contributed by atoms with Crippen LogP contribution in [0.1, 0.15) is 15.9 Å². The maximum atomic E-state index is 12.5. The largest absolute Gasteiger partial charge is 0.416 e. The van der Waals surface area contributed by atoms with Gasteiger partial charge in [-0.3, -0.25) is 9.36 Å². The number of halogens is 3. The highest BCUT2D eigenvalue weighted by atomic mass is 19.4. The van der Waals surface area contributed by atoms with E-state index in [-0.39, 0.29) is 5.56 Å². The van der Waals surface area contributed by atoms with Crippen molar-refractivity contribution >= 4 is 11.6 Å². The number of anilines is 1. The van der Waals surface area contributed by atoms with E-state index in [0.717, 1.165) is 24.3 Å². The number of nitrogens with zero attached hydrogens (tertiary/aromatic N) is 4. The quantitative estimate of drug-likeness (QED) is 0.800. The van der Waals surface area contributed by atoms with Crippen molar-refractivity contribution in [3.8, 4) is 5.82 Å². The lowest BCUT2D eigenvalue weighted by atomic mass is 10.1. The molecule has 1 amide bonds. The Balaban J connectivity index is 1.70. The van der Waals surface area contributed by atoms with Gasteiger partial charge in [0.05, 0.1) is 17.4 Å². The zero-order valence-corrected chi connectivity index (χ0v) is 12.0. The number of rotatable bonds is 3. The van der Waals surface area contributed by atoms with Gasteiger partial charge in [0.1, 0.15) is 18.5 Å². The summed E-state index contributed by atoms with van der Waals surface area (Å²) >= 11 is 0. The highest BCUT2D eigenvalue weighted by Crippen LogP contribution is 2.29. The highest BCUT2D eigenvalue weighted by molar-refractivity contribution is 6.04. The lowest BCUT2D eigenvalue weighted by Gasteiger charge is -2.08. The first-order chi connectivity index (χ1) is 11.4. The monoisotopic (exact) mass is 333 g/mol. The summed E-state index contributed by atoms with van der Waals surface area (Å²) in [5, 5.41) is 9.88. The second kappa shape index (κ2) is 6.11. The lowest BCUT2D eigenvalue weighted by Crippen LogP contribution is -2.13. The van der Waals surface area contributed by atoms with Crippen LogP contribution in [0.15, 0.2) is 55.2 Å². The Labute approximate surface area is 134 Å². The number of pyridine rings is 1. The van der Waals surface area contributed by atoms with E-state index < -0.39 is 17.6 Å². The van der Waals surface area contributed by atoms with Crippen molar-refractivity contribution in [2.75, 3.05) is 5.32 Å². The normalized spacial score (nSPS) is 11.3.